The van der Waals surface area contributed by atoms with Crippen LogP contribution in [-0.2, 0) is 9.31 Å². The summed E-state index contributed by atoms with van der Waals surface area (Å²) in [5.74, 6) is 0. The molecule has 98 valence electrons. The highest BCUT2D eigenvalue weighted by molar-refractivity contribution is 6.92. The summed E-state index contributed by atoms with van der Waals surface area (Å²) in [7, 11) is 0. The van der Waals surface area contributed by atoms with Crippen molar-refractivity contribution in [1.82, 2.24) is 0 Å². The van der Waals surface area contributed by atoms with Gasteiger partial charge in [0, 0.05) is 12.7 Å². The van der Waals surface area contributed by atoms with Gasteiger partial charge in [-0.05, 0) is 13.3 Å². The number of hydrogen-bond donors (Lipinski definition) is 0. The molecule has 3 heteroatoms. The van der Waals surface area contributed by atoms with Crippen LogP contribution in [0.5, 0.6) is 0 Å². The average Bonchev–Trinajstić information content (AvgIpc) is 2.49. The predicted molar refractivity (Wildman–Crippen MR) is 79.0 cm³/mol. The molecular weight excluding hydrogens is 235 g/mol. The van der Waals surface area contributed by atoms with Gasteiger partial charge in [0.25, 0.3) is 6.55 Å². The van der Waals surface area contributed by atoms with Crippen LogP contribution in [0.3, 0.4) is 0 Å². The summed E-state index contributed by atoms with van der Waals surface area (Å²) in [4.78, 5) is 0. The molecule has 1 unspecified atom stereocenters. The Bertz CT molecular complexity index is 487. The second-order valence-electron chi connectivity index (χ2n) is 5.14. The quantitative estimate of drug-likeness (QED) is 0.763. The normalized spacial score (nSPS) is 22.1. The molecule has 3 rings (SSSR count). The molecule has 0 aliphatic carbocycles. The maximum Gasteiger partial charge on any atom is 0.299 e. The standard InChI is InChI=1S/C16H18BO2/c1-14-12-13-18-17(19-14,15-8-4-2-5-9-15)16-10-6-3-7-11-16/h2-11,14H,12-13H2,1H3/q-1. The fourth-order valence-corrected chi connectivity index (χ4v) is 2.79. The molecule has 0 aromatic heterocycles. The van der Waals surface area contributed by atoms with Gasteiger partial charge < -0.3 is 9.31 Å². The maximum atomic E-state index is 6.29. The highest BCUT2D eigenvalue weighted by Crippen LogP contribution is 2.19. The summed E-state index contributed by atoms with van der Waals surface area (Å²) in [5.41, 5.74) is 2.22. The smallest absolute Gasteiger partial charge is 0.299 e. The van der Waals surface area contributed by atoms with Crippen LogP contribution < -0.4 is 10.9 Å². The predicted octanol–water partition coefficient (Wildman–Crippen LogP) is 2.07. The highest BCUT2D eigenvalue weighted by atomic mass is 16.6. The molecule has 0 bridgehead atoms. The van der Waals surface area contributed by atoms with E-state index in [1.165, 1.54) is 0 Å². The Balaban J connectivity index is 2.11. The molecule has 0 spiro atoms. The molecule has 1 aliphatic rings. The first kappa shape index (κ1) is 12.5. The van der Waals surface area contributed by atoms with E-state index in [2.05, 4.69) is 31.2 Å². The van der Waals surface area contributed by atoms with E-state index in [1.54, 1.807) is 0 Å². The van der Waals surface area contributed by atoms with Gasteiger partial charge in [0.2, 0.25) is 0 Å². The van der Waals surface area contributed by atoms with Crippen molar-refractivity contribution in [2.75, 3.05) is 6.61 Å². The summed E-state index contributed by atoms with van der Waals surface area (Å²) in [6.07, 6.45) is 1.16. The third kappa shape index (κ3) is 2.31. The molecule has 2 nitrogen and oxygen atoms in total. The molecule has 0 radical (unpaired) electrons. The Morgan fingerprint density at radius 2 is 1.42 bits per heavy atom. The molecule has 19 heavy (non-hydrogen) atoms. The van der Waals surface area contributed by atoms with Crippen molar-refractivity contribution in [1.29, 1.82) is 0 Å². The van der Waals surface area contributed by atoms with Crippen molar-refractivity contribution in [3.05, 3.63) is 60.7 Å². The van der Waals surface area contributed by atoms with Crippen LogP contribution in [0.1, 0.15) is 13.3 Å². The lowest BCUT2D eigenvalue weighted by Crippen LogP contribution is -2.66. The Kier molecular flexibility index (Phi) is 3.41. The van der Waals surface area contributed by atoms with Crippen molar-refractivity contribution < 1.29 is 9.31 Å². The molecule has 0 N–H and O–H groups in total. The first-order valence-electron chi connectivity index (χ1n) is 6.88. The molecule has 1 heterocycles. The number of rotatable bonds is 2. The van der Waals surface area contributed by atoms with Crippen LogP contribution in [0.25, 0.3) is 0 Å². The van der Waals surface area contributed by atoms with E-state index in [0.717, 1.165) is 24.0 Å². The Morgan fingerprint density at radius 3 is 1.89 bits per heavy atom. The minimum absolute atomic E-state index is 0.217. The second-order valence-corrected chi connectivity index (χ2v) is 5.14. The van der Waals surface area contributed by atoms with Crippen molar-refractivity contribution in [2.24, 2.45) is 0 Å². The zero-order valence-corrected chi connectivity index (χ0v) is 11.2. The van der Waals surface area contributed by atoms with Crippen LogP contribution in [-0.4, -0.2) is 19.3 Å². The molecule has 1 fully saturated rings. The van der Waals surface area contributed by atoms with Gasteiger partial charge in [-0.15, -0.1) is 10.9 Å². The largest absolute Gasteiger partial charge is 0.561 e. The van der Waals surface area contributed by atoms with Crippen molar-refractivity contribution in [3.8, 4) is 0 Å². The summed E-state index contributed by atoms with van der Waals surface area (Å²) < 4.78 is 12.4. The minimum atomic E-state index is -1.54. The van der Waals surface area contributed by atoms with Crippen LogP contribution >= 0.6 is 0 Å². The van der Waals surface area contributed by atoms with Gasteiger partial charge in [-0.2, -0.15) is 0 Å². The third-order valence-corrected chi connectivity index (χ3v) is 3.78. The van der Waals surface area contributed by atoms with Crippen LogP contribution in [0.15, 0.2) is 60.7 Å². The van der Waals surface area contributed by atoms with Gasteiger partial charge in [0.15, 0.2) is 0 Å². The van der Waals surface area contributed by atoms with Gasteiger partial charge in [0.1, 0.15) is 0 Å². The zero-order chi connectivity index (χ0) is 13.1. The highest BCUT2D eigenvalue weighted by Gasteiger charge is 2.35. The first-order chi connectivity index (χ1) is 9.31. The molecule has 1 atom stereocenters. The third-order valence-electron chi connectivity index (χ3n) is 3.78. The molecule has 2 aromatic rings. The maximum absolute atomic E-state index is 6.29. The lowest BCUT2D eigenvalue weighted by molar-refractivity contribution is 0.0738. The van der Waals surface area contributed by atoms with Gasteiger partial charge in [-0.3, -0.25) is 0 Å². The lowest BCUT2D eigenvalue weighted by Gasteiger charge is -2.49. The van der Waals surface area contributed by atoms with E-state index in [9.17, 15) is 0 Å². The molecule has 2 aromatic carbocycles. The van der Waals surface area contributed by atoms with E-state index >= 15 is 0 Å². The Hall–Kier alpha value is -1.58. The van der Waals surface area contributed by atoms with Gasteiger partial charge in [-0.25, -0.2) is 0 Å². The molecule has 1 aliphatic heterocycles. The fourth-order valence-electron chi connectivity index (χ4n) is 2.79. The summed E-state index contributed by atoms with van der Waals surface area (Å²) >= 11 is 0. The first-order valence-corrected chi connectivity index (χ1v) is 6.88. The molecule has 1 saturated heterocycles. The Labute approximate surface area is 114 Å². The fraction of sp³-hybridized carbons (Fsp3) is 0.250. The van der Waals surface area contributed by atoms with E-state index in [1.807, 2.05) is 36.4 Å². The van der Waals surface area contributed by atoms with Crippen LogP contribution in [0.4, 0.5) is 0 Å². The minimum Gasteiger partial charge on any atom is -0.561 e. The van der Waals surface area contributed by atoms with E-state index in [-0.39, 0.29) is 6.10 Å². The van der Waals surface area contributed by atoms with Crippen LogP contribution in [0.2, 0.25) is 0 Å². The van der Waals surface area contributed by atoms with Crippen molar-refractivity contribution >= 4 is 17.5 Å². The lowest BCUT2D eigenvalue weighted by atomic mass is 9.45. The molecule has 0 saturated carbocycles. The molecule has 0 amide bonds. The SMILES string of the molecule is CC1CCO[B-](c2ccccc2)(c2ccccc2)O1. The van der Waals surface area contributed by atoms with Crippen LogP contribution in [0, 0.1) is 0 Å². The van der Waals surface area contributed by atoms with E-state index in [0.29, 0.717) is 0 Å². The van der Waals surface area contributed by atoms with Gasteiger partial charge in [0.05, 0.1) is 0 Å². The van der Waals surface area contributed by atoms with E-state index < -0.39 is 6.55 Å². The monoisotopic (exact) mass is 253 g/mol. The summed E-state index contributed by atoms with van der Waals surface area (Å²) in [6, 6.07) is 20.5. The van der Waals surface area contributed by atoms with Crippen molar-refractivity contribution in [3.63, 3.8) is 0 Å². The molecular formula is C16H18BO2-. The topological polar surface area (TPSA) is 18.5 Å². The second kappa shape index (κ2) is 5.20. The van der Waals surface area contributed by atoms with E-state index in [4.69, 9.17) is 9.31 Å². The number of benzene rings is 2. The van der Waals surface area contributed by atoms with Gasteiger partial charge >= 0.3 is 0 Å². The number of hydrogen-bond acceptors (Lipinski definition) is 2. The van der Waals surface area contributed by atoms with Crippen molar-refractivity contribution in [2.45, 2.75) is 19.4 Å². The summed E-state index contributed by atoms with van der Waals surface area (Å²) in [5, 5.41) is 0. The average molecular weight is 253 g/mol. The summed E-state index contributed by atoms with van der Waals surface area (Å²) in [6.45, 7) is 1.31. The zero-order valence-electron chi connectivity index (χ0n) is 11.2. The van der Waals surface area contributed by atoms with Gasteiger partial charge in [-0.1, -0.05) is 60.7 Å². The Morgan fingerprint density at radius 1 is 0.895 bits per heavy atom.